The van der Waals surface area contributed by atoms with Gasteiger partial charge in [0, 0.05) is 37.4 Å². The van der Waals surface area contributed by atoms with Crippen molar-refractivity contribution >= 4 is 11.8 Å². The summed E-state index contributed by atoms with van der Waals surface area (Å²) < 4.78 is 0. The van der Waals surface area contributed by atoms with Gasteiger partial charge >= 0.3 is 5.97 Å². The van der Waals surface area contributed by atoms with Crippen molar-refractivity contribution in [1.29, 1.82) is 0 Å². The summed E-state index contributed by atoms with van der Waals surface area (Å²) in [5, 5.41) is 8.80. The van der Waals surface area contributed by atoms with Crippen molar-refractivity contribution in [3.8, 4) is 0 Å². The number of anilines is 1. The molecular weight excluding hydrogens is 244 g/mol. The molecule has 6 heteroatoms. The van der Waals surface area contributed by atoms with Gasteiger partial charge in [0.1, 0.15) is 12.1 Å². The van der Waals surface area contributed by atoms with Crippen LogP contribution in [0.15, 0.2) is 6.33 Å². The van der Waals surface area contributed by atoms with Crippen LogP contribution in [-0.4, -0.2) is 58.7 Å². The Labute approximate surface area is 112 Å². The number of carboxylic acids is 1. The number of hydrogen-bond donors (Lipinski definition) is 1. The van der Waals surface area contributed by atoms with Crippen LogP contribution in [0.3, 0.4) is 0 Å². The van der Waals surface area contributed by atoms with E-state index in [-0.39, 0.29) is 6.54 Å². The third-order valence-corrected chi connectivity index (χ3v) is 3.88. The van der Waals surface area contributed by atoms with Crippen molar-refractivity contribution < 1.29 is 9.90 Å². The van der Waals surface area contributed by atoms with Crippen LogP contribution in [0.5, 0.6) is 0 Å². The summed E-state index contributed by atoms with van der Waals surface area (Å²) in [6.07, 6.45) is 4.95. The highest BCUT2D eigenvalue weighted by atomic mass is 16.4. The average Bonchev–Trinajstić information content (AvgIpc) is 2.87. The Balaban J connectivity index is 1.69. The first-order valence-corrected chi connectivity index (χ1v) is 6.76. The van der Waals surface area contributed by atoms with E-state index in [4.69, 9.17) is 5.11 Å². The van der Waals surface area contributed by atoms with Crippen LogP contribution in [0.1, 0.15) is 17.7 Å². The van der Waals surface area contributed by atoms with E-state index in [9.17, 15) is 4.79 Å². The predicted molar refractivity (Wildman–Crippen MR) is 70.3 cm³/mol. The number of rotatable bonds is 3. The van der Waals surface area contributed by atoms with Crippen LogP contribution >= 0.6 is 0 Å². The fourth-order valence-electron chi connectivity index (χ4n) is 2.92. The molecule has 1 aromatic heterocycles. The van der Waals surface area contributed by atoms with Crippen LogP contribution in [0.25, 0.3) is 0 Å². The van der Waals surface area contributed by atoms with Gasteiger partial charge in [0.25, 0.3) is 0 Å². The predicted octanol–water partition coefficient (Wildman–Crippen LogP) is 0.172. The van der Waals surface area contributed by atoms with Crippen LogP contribution in [0.2, 0.25) is 0 Å². The first-order chi connectivity index (χ1) is 9.24. The van der Waals surface area contributed by atoms with E-state index in [0.29, 0.717) is 0 Å². The third-order valence-electron chi connectivity index (χ3n) is 3.88. The molecule has 1 N–H and O–H groups in total. The van der Waals surface area contributed by atoms with E-state index in [1.54, 1.807) is 6.33 Å². The number of carbonyl (C=O) groups is 1. The zero-order valence-electron chi connectivity index (χ0n) is 10.9. The molecule has 2 heterocycles. The lowest BCUT2D eigenvalue weighted by atomic mass is 10.2. The van der Waals surface area contributed by atoms with Gasteiger partial charge in [-0.25, -0.2) is 9.97 Å². The van der Waals surface area contributed by atoms with Crippen LogP contribution in [-0.2, 0) is 17.6 Å². The number of aromatic nitrogens is 2. The SMILES string of the molecule is O=C(O)CN1CCN(c2ncnc3c2CCC3)CC1. The summed E-state index contributed by atoms with van der Waals surface area (Å²) in [7, 11) is 0. The molecule has 0 aromatic carbocycles. The molecule has 0 saturated carbocycles. The zero-order chi connectivity index (χ0) is 13.2. The van der Waals surface area contributed by atoms with Crippen LogP contribution in [0.4, 0.5) is 5.82 Å². The Bertz CT molecular complexity index is 484. The van der Waals surface area contributed by atoms with E-state index in [0.717, 1.165) is 44.8 Å². The number of fused-ring (bicyclic) bond motifs is 1. The van der Waals surface area contributed by atoms with E-state index in [1.165, 1.54) is 17.7 Å². The van der Waals surface area contributed by atoms with Crippen molar-refractivity contribution in [2.24, 2.45) is 0 Å². The minimum absolute atomic E-state index is 0.135. The lowest BCUT2D eigenvalue weighted by Gasteiger charge is -2.35. The Hall–Kier alpha value is -1.69. The topological polar surface area (TPSA) is 69.6 Å². The smallest absolute Gasteiger partial charge is 0.317 e. The molecule has 1 saturated heterocycles. The second-order valence-electron chi connectivity index (χ2n) is 5.13. The average molecular weight is 262 g/mol. The van der Waals surface area contributed by atoms with Crippen molar-refractivity contribution in [3.63, 3.8) is 0 Å². The number of aliphatic carboxylic acids is 1. The Morgan fingerprint density at radius 3 is 2.74 bits per heavy atom. The van der Waals surface area contributed by atoms with E-state index in [2.05, 4.69) is 14.9 Å². The monoisotopic (exact) mass is 262 g/mol. The molecule has 0 radical (unpaired) electrons. The highest BCUT2D eigenvalue weighted by Gasteiger charge is 2.24. The Morgan fingerprint density at radius 2 is 2.00 bits per heavy atom. The molecule has 0 spiro atoms. The lowest BCUT2D eigenvalue weighted by Crippen LogP contribution is -2.48. The molecule has 102 valence electrons. The summed E-state index contributed by atoms with van der Waals surface area (Å²) in [4.78, 5) is 23.7. The molecule has 0 amide bonds. The summed E-state index contributed by atoms with van der Waals surface area (Å²) in [6, 6.07) is 0. The first-order valence-electron chi connectivity index (χ1n) is 6.76. The minimum atomic E-state index is -0.753. The van der Waals surface area contributed by atoms with Crippen molar-refractivity contribution in [2.75, 3.05) is 37.6 Å². The fraction of sp³-hybridized carbons (Fsp3) is 0.615. The van der Waals surface area contributed by atoms with Crippen molar-refractivity contribution in [1.82, 2.24) is 14.9 Å². The van der Waals surface area contributed by atoms with Crippen molar-refractivity contribution in [3.05, 3.63) is 17.6 Å². The molecule has 1 aliphatic heterocycles. The van der Waals surface area contributed by atoms with E-state index < -0.39 is 5.97 Å². The second-order valence-corrected chi connectivity index (χ2v) is 5.13. The van der Waals surface area contributed by atoms with Gasteiger partial charge in [-0.3, -0.25) is 9.69 Å². The van der Waals surface area contributed by atoms with Gasteiger partial charge in [-0.05, 0) is 19.3 Å². The lowest BCUT2D eigenvalue weighted by molar-refractivity contribution is -0.138. The summed E-state index contributed by atoms with van der Waals surface area (Å²) in [5.74, 6) is 0.314. The van der Waals surface area contributed by atoms with E-state index in [1.807, 2.05) is 4.90 Å². The number of carboxylic acid groups (broad SMARTS) is 1. The first kappa shape index (κ1) is 12.3. The number of hydrogen-bond acceptors (Lipinski definition) is 5. The highest BCUT2D eigenvalue weighted by molar-refractivity contribution is 5.69. The molecule has 2 aliphatic rings. The number of piperazine rings is 1. The number of nitrogens with zero attached hydrogens (tertiary/aromatic N) is 4. The minimum Gasteiger partial charge on any atom is -0.480 e. The quantitative estimate of drug-likeness (QED) is 0.837. The molecule has 1 aromatic rings. The molecule has 19 heavy (non-hydrogen) atoms. The highest BCUT2D eigenvalue weighted by Crippen LogP contribution is 2.28. The van der Waals surface area contributed by atoms with Crippen LogP contribution in [0, 0.1) is 0 Å². The fourth-order valence-corrected chi connectivity index (χ4v) is 2.92. The summed E-state index contributed by atoms with van der Waals surface area (Å²) >= 11 is 0. The molecule has 3 rings (SSSR count). The van der Waals surface area contributed by atoms with Crippen molar-refractivity contribution in [2.45, 2.75) is 19.3 Å². The number of aryl methyl sites for hydroxylation is 1. The van der Waals surface area contributed by atoms with Crippen LogP contribution < -0.4 is 4.90 Å². The molecule has 0 atom stereocenters. The molecule has 0 unspecified atom stereocenters. The maximum absolute atomic E-state index is 10.7. The van der Waals surface area contributed by atoms with Gasteiger partial charge in [0.15, 0.2) is 0 Å². The maximum Gasteiger partial charge on any atom is 0.317 e. The second kappa shape index (κ2) is 5.13. The summed E-state index contributed by atoms with van der Waals surface area (Å²) in [5.41, 5.74) is 2.49. The Morgan fingerprint density at radius 1 is 1.21 bits per heavy atom. The normalized spacial score (nSPS) is 19.5. The molecule has 0 bridgehead atoms. The zero-order valence-corrected chi connectivity index (χ0v) is 10.9. The molecule has 1 aliphatic carbocycles. The van der Waals surface area contributed by atoms with Gasteiger partial charge in [0.2, 0.25) is 0 Å². The molecule has 1 fully saturated rings. The Kier molecular flexibility index (Phi) is 3.33. The van der Waals surface area contributed by atoms with Gasteiger partial charge in [-0.1, -0.05) is 0 Å². The van der Waals surface area contributed by atoms with Gasteiger partial charge < -0.3 is 10.0 Å². The largest absolute Gasteiger partial charge is 0.480 e. The molecular formula is C13H18N4O2. The summed E-state index contributed by atoms with van der Waals surface area (Å²) in [6.45, 7) is 3.39. The van der Waals surface area contributed by atoms with Gasteiger partial charge in [-0.2, -0.15) is 0 Å². The molecule has 6 nitrogen and oxygen atoms in total. The standard InChI is InChI=1S/C13H18N4O2/c18-12(19)8-16-4-6-17(7-5-16)13-10-2-1-3-11(10)14-9-15-13/h9H,1-8H2,(H,18,19). The van der Waals surface area contributed by atoms with Gasteiger partial charge in [-0.15, -0.1) is 0 Å². The third kappa shape index (κ3) is 2.53. The van der Waals surface area contributed by atoms with Gasteiger partial charge in [0.05, 0.1) is 6.54 Å². The van der Waals surface area contributed by atoms with E-state index >= 15 is 0 Å². The maximum atomic E-state index is 10.7.